The molecule has 0 amide bonds. The number of anilines is 2. The van der Waals surface area contributed by atoms with Gasteiger partial charge in [0.05, 0.1) is 6.20 Å². The van der Waals surface area contributed by atoms with Crippen LogP contribution in [0, 0.1) is 0 Å². The van der Waals surface area contributed by atoms with Gasteiger partial charge in [-0.25, -0.2) is 9.97 Å². The Morgan fingerprint density at radius 2 is 2.41 bits per heavy atom. The Hall–Kier alpha value is -2.21. The summed E-state index contributed by atoms with van der Waals surface area (Å²) in [6, 6.07) is 1.94. The molecule has 22 heavy (non-hydrogen) atoms. The van der Waals surface area contributed by atoms with E-state index in [4.69, 9.17) is 11.6 Å². The predicted octanol–water partition coefficient (Wildman–Crippen LogP) is 4.12. The summed E-state index contributed by atoms with van der Waals surface area (Å²) in [4.78, 5) is 20.1. The molecule has 118 valence electrons. The SMILES string of the molecule is C=CCCC(=O)c1ncc(Cl)c(Nc2cc(C3CC3)[nH]n2)n1.[HH].[HH]. The van der Waals surface area contributed by atoms with E-state index >= 15 is 0 Å². The maximum atomic E-state index is 12.0. The third-order valence-electron chi connectivity index (χ3n) is 3.43. The Balaban J connectivity index is 0.00000144. The van der Waals surface area contributed by atoms with Crippen molar-refractivity contribution >= 4 is 29.0 Å². The third-order valence-corrected chi connectivity index (χ3v) is 3.71. The molecule has 6 nitrogen and oxygen atoms in total. The molecule has 1 saturated carbocycles. The first-order valence-electron chi connectivity index (χ1n) is 7.16. The monoisotopic (exact) mass is 321 g/mol. The van der Waals surface area contributed by atoms with Crippen LogP contribution in [0.3, 0.4) is 0 Å². The molecule has 2 aromatic heterocycles. The highest BCUT2D eigenvalue weighted by molar-refractivity contribution is 6.32. The molecule has 0 saturated heterocycles. The zero-order chi connectivity index (χ0) is 15.5. The lowest BCUT2D eigenvalue weighted by atomic mass is 10.2. The molecule has 1 fully saturated rings. The molecule has 0 atom stereocenters. The van der Waals surface area contributed by atoms with Crippen LogP contribution in [-0.4, -0.2) is 25.9 Å². The summed E-state index contributed by atoms with van der Waals surface area (Å²) in [7, 11) is 0. The number of carbonyl (C=O) groups is 1. The summed E-state index contributed by atoms with van der Waals surface area (Å²) in [5.74, 6) is 1.60. The van der Waals surface area contributed by atoms with Crippen molar-refractivity contribution in [2.75, 3.05) is 5.32 Å². The molecule has 0 unspecified atom stereocenters. The van der Waals surface area contributed by atoms with Crippen LogP contribution in [0.25, 0.3) is 0 Å². The molecule has 0 radical (unpaired) electrons. The number of nitrogens with one attached hydrogen (secondary N) is 2. The molecule has 0 aromatic carbocycles. The van der Waals surface area contributed by atoms with Gasteiger partial charge in [-0.1, -0.05) is 17.7 Å². The smallest absolute Gasteiger partial charge is 0.200 e. The highest BCUT2D eigenvalue weighted by Crippen LogP contribution is 2.39. The molecule has 1 aliphatic carbocycles. The number of Topliss-reactive ketones (excluding diaryl/α,β-unsaturated/α-hetero) is 1. The fourth-order valence-electron chi connectivity index (χ4n) is 2.06. The van der Waals surface area contributed by atoms with Crippen LogP contribution in [-0.2, 0) is 0 Å². The first-order chi connectivity index (χ1) is 10.7. The topological polar surface area (TPSA) is 83.6 Å². The maximum absolute atomic E-state index is 12.0. The number of rotatable bonds is 7. The molecular weight excluding hydrogens is 302 g/mol. The zero-order valence-corrected chi connectivity index (χ0v) is 12.7. The van der Waals surface area contributed by atoms with Crippen molar-refractivity contribution in [3.8, 4) is 0 Å². The number of allylic oxidation sites excluding steroid dienone is 1. The van der Waals surface area contributed by atoms with Gasteiger partial charge in [-0.05, 0) is 19.3 Å². The Labute approximate surface area is 136 Å². The van der Waals surface area contributed by atoms with Crippen molar-refractivity contribution in [2.24, 2.45) is 0 Å². The summed E-state index contributed by atoms with van der Waals surface area (Å²) >= 11 is 6.08. The lowest BCUT2D eigenvalue weighted by Crippen LogP contribution is -2.07. The van der Waals surface area contributed by atoms with Crippen LogP contribution in [0.2, 0.25) is 5.02 Å². The van der Waals surface area contributed by atoms with Gasteiger partial charge in [-0.3, -0.25) is 9.89 Å². The minimum atomic E-state index is -0.139. The minimum absolute atomic E-state index is 0. The largest absolute Gasteiger partial charge is 0.322 e. The molecule has 0 aliphatic heterocycles. The minimum Gasteiger partial charge on any atom is -0.322 e. The molecule has 0 spiro atoms. The van der Waals surface area contributed by atoms with Crippen LogP contribution >= 0.6 is 11.6 Å². The van der Waals surface area contributed by atoms with Crippen LogP contribution in [0.4, 0.5) is 11.6 Å². The van der Waals surface area contributed by atoms with Gasteiger partial charge in [0, 0.05) is 27.0 Å². The molecule has 2 heterocycles. The number of aromatic nitrogens is 4. The number of H-pyrrole nitrogens is 1. The number of ketones is 1. The van der Waals surface area contributed by atoms with Crippen molar-refractivity contribution in [1.82, 2.24) is 20.2 Å². The summed E-state index contributed by atoms with van der Waals surface area (Å²) in [6.45, 7) is 3.60. The van der Waals surface area contributed by atoms with E-state index in [0.717, 1.165) is 5.69 Å². The Kier molecular flexibility index (Phi) is 4.20. The van der Waals surface area contributed by atoms with Gasteiger partial charge in [-0.15, -0.1) is 6.58 Å². The molecule has 2 aromatic rings. The second-order valence-corrected chi connectivity index (χ2v) is 5.66. The van der Waals surface area contributed by atoms with Crippen molar-refractivity contribution in [3.63, 3.8) is 0 Å². The highest BCUT2D eigenvalue weighted by Gasteiger charge is 2.25. The third kappa shape index (κ3) is 3.33. The number of hydrogen-bond donors (Lipinski definition) is 2. The van der Waals surface area contributed by atoms with Gasteiger partial charge in [-0.2, -0.15) is 5.10 Å². The van der Waals surface area contributed by atoms with Crippen LogP contribution < -0.4 is 5.32 Å². The fraction of sp³-hybridized carbons (Fsp3) is 0.333. The predicted molar refractivity (Wildman–Crippen MR) is 88.9 cm³/mol. The van der Waals surface area contributed by atoms with Crippen LogP contribution in [0.15, 0.2) is 24.9 Å². The molecule has 3 rings (SSSR count). The summed E-state index contributed by atoms with van der Waals surface area (Å²) < 4.78 is 0. The molecule has 0 bridgehead atoms. The van der Waals surface area contributed by atoms with E-state index in [9.17, 15) is 4.79 Å². The normalized spacial score (nSPS) is 13.9. The quantitative estimate of drug-likeness (QED) is 0.592. The average molecular weight is 322 g/mol. The Morgan fingerprint density at radius 1 is 1.59 bits per heavy atom. The number of hydrogen-bond acceptors (Lipinski definition) is 5. The number of carbonyl (C=O) groups excluding carboxylic acids is 1. The van der Waals surface area contributed by atoms with E-state index < -0.39 is 0 Å². The van der Waals surface area contributed by atoms with Crippen LogP contribution in [0.1, 0.15) is 50.8 Å². The lowest BCUT2D eigenvalue weighted by molar-refractivity contribution is 0.0974. The summed E-state index contributed by atoms with van der Waals surface area (Å²) in [6.07, 6.45) is 6.43. The van der Waals surface area contributed by atoms with Gasteiger partial charge in [0.15, 0.2) is 23.2 Å². The average Bonchev–Trinajstić information content (AvgIpc) is 3.27. The first-order valence-corrected chi connectivity index (χ1v) is 7.54. The van der Waals surface area contributed by atoms with E-state index in [0.29, 0.717) is 35.4 Å². The number of aromatic amines is 1. The van der Waals surface area contributed by atoms with Crippen molar-refractivity contribution in [1.29, 1.82) is 0 Å². The number of nitrogens with zero attached hydrogens (tertiary/aromatic N) is 3. The van der Waals surface area contributed by atoms with Gasteiger partial charge in [0.2, 0.25) is 0 Å². The van der Waals surface area contributed by atoms with Gasteiger partial charge in [0.25, 0.3) is 0 Å². The standard InChI is InChI=1S/C15H16ClN5O.2H2/c1-2-3-4-12(22)15-17-8-10(16)14(19-15)18-13-7-11(20-21-13)9-5-6-9;;/h2,7-9H,1,3-6H2,(H2,17,18,19,20,21);2*1H. The van der Waals surface area contributed by atoms with Crippen molar-refractivity contribution < 1.29 is 7.65 Å². The maximum Gasteiger partial charge on any atom is 0.200 e. The molecule has 2 N–H and O–H groups in total. The second kappa shape index (κ2) is 6.27. The van der Waals surface area contributed by atoms with E-state index in [1.165, 1.54) is 19.0 Å². The fourth-order valence-corrected chi connectivity index (χ4v) is 2.20. The Morgan fingerprint density at radius 3 is 3.14 bits per heavy atom. The van der Waals surface area contributed by atoms with E-state index in [1.54, 1.807) is 6.08 Å². The molecule has 1 aliphatic rings. The van der Waals surface area contributed by atoms with Gasteiger partial charge in [0.1, 0.15) is 5.02 Å². The highest BCUT2D eigenvalue weighted by atomic mass is 35.5. The molecular formula is C15H20ClN5O. The van der Waals surface area contributed by atoms with Crippen LogP contribution in [0.5, 0.6) is 0 Å². The second-order valence-electron chi connectivity index (χ2n) is 5.25. The Bertz CT molecular complexity index is 718. The van der Waals surface area contributed by atoms with E-state index in [2.05, 4.69) is 32.1 Å². The number of halogens is 1. The van der Waals surface area contributed by atoms with Gasteiger partial charge >= 0.3 is 0 Å². The van der Waals surface area contributed by atoms with Gasteiger partial charge < -0.3 is 5.32 Å². The van der Waals surface area contributed by atoms with Crippen molar-refractivity contribution in [2.45, 2.75) is 31.6 Å². The van der Waals surface area contributed by atoms with E-state index in [1.807, 2.05) is 6.07 Å². The summed E-state index contributed by atoms with van der Waals surface area (Å²) in [5.41, 5.74) is 1.11. The lowest BCUT2D eigenvalue weighted by Gasteiger charge is -2.05. The zero-order valence-electron chi connectivity index (χ0n) is 12.0. The first kappa shape index (κ1) is 14.7. The van der Waals surface area contributed by atoms with E-state index in [-0.39, 0.29) is 14.5 Å². The van der Waals surface area contributed by atoms with Crippen molar-refractivity contribution in [3.05, 3.63) is 41.5 Å². The molecule has 7 heteroatoms. The summed E-state index contributed by atoms with van der Waals surface area (Å²) in [5, 5.41) is 10.6.